The molecule has 0 aliphatic carbocycles. The number of hydrogen-bond acceptors (Lipinski definition) is 6. The number of fused-ring (bicyclic) bond motifs is 1. The molecule has 1 atom stereocenters. The van der Waals surface area contributed by atoms with Gasteiger partial charge in [-0.3, -0.25) is 19.0 Å². The second-order valence-corrected chi connectivity index (χ2v) is 5.48. The van der Waals surface area contributed by atoms with Crippen molar-refractivity contribution in [1.29, 1.82) is 0 Å². The van der Waals surface area contributed by atoms with Crippen molar-refractivity contribution in [3.8, 4) is 0 Å². The fraction of sp³-hybridized carbons (Fsp3) is 0.267. The summed E-state index contributed by atoms with van der Waals surface area (Å²) in [6, 6.07) is 3.64. The van der Waals surface area contributed by atoms with Gasteiger partial charge in [0.2, 0.25) is 5.91 Å². The zero-order valence-corrected chi connectivity index (χ0v) is 12.7. The Hall–Kier alpha value is -3.23. The summed E-state index contributed by atoms with van der Waals surface area (Å²) in [7, 11) is 0. The van der Waals surface area contributed by atoms with Crippen LogP contribution in [0, 0.1) is 6.92 Å². The molecule has 1 aliphatic heterocycles. The Morgan fingerprint density at radius 1 is 1.33 bits per heavy atom. The van der Waals surface area contributed by atoms with E-state index >= 15 is 0 Å². The van der Waals surface area contributed by atoms with Gasteiger partial charge in [-0.05, 0) is 25.5 Å². The number of carbonyl (C=O) groups excluding carboxylic acids is 2. The van der Waals surface area contributed by atoms with Crippen LogP contribution in [0.5, 0.6) is 0 Å². The summed E-state index contributed by atoms with van der Waals surface area (Å²) in [5.74, 6) is -1.52. The van der Waals surface area contributed by atoms with Crippen LogP contribution in [0.2, 0.25) is 0 Å². The van der Waals surface area contributed by atoms with Gasteiger partial charge in [0.15, 0.2) is 0 Å². The SMILES string of the molecule is Cc1nc2c(N)cccc2c(=O)n1[C@H]1CCC(=O)N(C(=O)O)C1=O. The molecule has 0 radical (unpaired) electrons. The van der Waals surface area contributed by atoms with Crippen molar-refractivity contribution in [3.05, 3.63) is 34.4 Å². The van der Waals surface area contributed by atoms with Gasteiger partial charge in [0.1, 0.15) is 17.4 Å². The molecule has 9 nitrogen and oxygen atoms in total. The third kappa shape index (κ3) is 2.21. The molecular formula is C15H14N4O5. The molecular weight excluding hydrogens is 316 g/mol. The lowest BCUT2D eigenvalue weighted by molar-refractivity contribution is -0.148. The number of aromatic nitrogens is 2. The molecule has 2 aromatic rings. The van der Waals surface area contributed by atoms with E-state index in [1.165, 1.54) is 13.0 Å². The molecule has 3 rings (SSSR count). The second-order valence-electron chi connectivity index (χ2n) is 5.48. The summed E-state index contributed by atoms with van der Waals surface area (Å²) in [4.78, 5) is 52.4. The number of likely N-dealkylation sites (tertiary alicyclic amines) is 1. The third-order valence-corrected chi connectivity index (χ3v) is 4.03. The van der Waals surface area contributed by atoms with Crippen molar-refractivity contribution >= 4 is 34.5 Å². The number of amides is 3. The van der Waals surface area contributed by atoms with E-state index < -0.39 is 29.5 Å². The van der Waals surface area contributed by atoms with E-state index in [0.717, 1.165) is 4.57 Å². The monoisotopic (exact) mass is 330 g/mol. The van der Waals surface area contributed by atoms with E-state index in [-0.39, 0.29) is 29.0 Å². The van der Waals surface area contributed by atoms with Gasteiger partial charge >= 0.3 is 6.09 Å². The number of benzene rings is 1. The van der Waals surface area contributed by atoms with E-state index in [1.54, 1.807) is 12.1 Å². The summed E-state index contributed by atoms with van der Waals surface area (Å²) in [6.45, 7) is 1.53. The molecule has 0 spiro atoms. The number of rotatable bonds is 1. The highest BCUT2D eigenvalue weighted by Gasteiger charge is 2.40. The standard InChI is InChI=1S/C15H14N4O5/c1-7-17-12-8(3-2-4-9(12)16)13(21)18(7)10-5-6-11(20)19(14(10)22)15(23)24/h2-4,10H,5-6,16H2,1H3,(H,23,24)/t10-/m0/s1. The molecule has 3 amide bonds. The highest BCUT2D eigenvalue weighted by atomic mass is 16.4. The van der Waals surface area contributed by atoms with Gasteiger partial charge in [0.05, 0.1) is 11.1 Å². The summed E-state index contributed by atoms with van der Waals surface area (Å²) in [5.41, 5.74) is 5.98. The predicted molar refractivity (Wildman–Crippen MR) is 83.3 cm³/mol. The van der Waals surface area contributed by atoms with Crippen LogP contribution in [-0.2, 0) is 9.59 Å². The lowest BCUT2D eigenvalue weighted by atomic mass is 10.0. The number of anilines is 1. The van der Waals surface area contributed by atoms with E-state index in [0.29, 0.717) is 11.2 Å². The molecule has 0 unspecified atom stereocenters. The molecule has 1 aromatic heterocycles. The van der Waals surface area contributed by atoms with Gasteiger partial charge in [-0.2, -0.15) is 4.90 Å². The predicted octanol–water partition coefficient (Wildman–Crippen LogP) is 0.655. The summed E-state index contributed by atoms with van der Waals surface area (Å²) in [5, 5.41) is 9.28. The number of imide groups is 3. The van der Waals surface area contributed by atoms with Gasteiger partial charge in [0, 0.05) is 6.42 Å². The molecule has 2 heterocycles. The van der Waals surface area contributed by atoms with E-state index in [1.807, 2.05) is 0 Å². The maximum atomic E-state index is 12.8. The fourth-order valence-electron chi connectivity index (χ4n) is 2.93. The molecule has 1 aromatic carbocycles. The largest absolute Gasteiger partial charge is 0.464 e. The van der Waals surface area contributed by atoms with Crippen molar-refractivity contribution in [2.75, 3.05) is 5.73 Å². The van der Waals surface area contributed by atoms with Crippen LogP contribution in [-0.4, -0.2) is 37.5 Å². The van der Waals surface area contributed by atoms with Crippen molar-refractivity contribution in [3.63, 3.8) is 0 Å². The minimum absolute atomic E-state index is 0.0394. The second kappa shape index (κ2) is 5.44. The van der Waals surface area contributed by atoms with Crippen LogP contribution in [0.3, 0.4) is 0 Å². The Morgan fingerprint density at radius 2 is 2.04 bits per heavy atom. The molecule has 124 valence electrons. The first-order valence-electron chi connectivity index (χ1n) is 7.20. The third-order valence-electron chi connectivity index (χ3n) is 4.03. The lowest BCUT2D eigenvalue weighted by Crippen LogP contribution is -2.50. The smallest absolute Gasteiger partial charge is 0.421 e. The Balaban J connectivity index is 2.20. The van der Waals surface area contributed by atoms with Gasteiger partial charge in [0.25, 0.3) is 11.5 Å². The van der Waals surface area contributed by atoms with E-state index in [2.05, 4.69) is 4.98 Å². The molecule has 24 heavy (non-hydrogen) atoms. The number of nitrogens with two attached hydrogens (primary N) is 1. The number of aryl methyl sites for hydroxylation is 1. The van der Waals surface area contributed by atoms with Crippen molar-refractivity contribution in [2.24, 2.45) is 0 Å². The Labute approximate surface area is 135 Å². The number of carbonyl (C=O) groups is 3. The Kier molecular flexibility index (Phi) is 3.55. The van der Waals surface area contributed by atoms with Crippen LogP contribution < -0.4 is 11.3 Å². The van der Waals surface area contributed by atoms with Crippen molar-refractivity contribution in [2.45, 2.75) is 25.8 Å². The first-order valence-corrected chi connectivity index (χ1v) is 7.20. The number of nitrogens with zero attached hydrogens (tertiary/aromatic N) is 3. The van der Waals surface area contributed by atoms with Gasteiger partial charge in [-0.1, -0.05) is 6.07 Å². The van der Waals surface area contributed by atoms with Crippen molar-refractivity contribution in [1.82, 2.24) is 14.5 Å². The molecule has 1 saturated heterocycles. The highest BCUT2D eigenvalue weighted by molar-refractivity contribution is 6.11. The van der Waals surface area contributed by atoms with Crippen LogP contribution in [0.4, 0.5) is 10.5 Å². The zero-order valence-electron chi connectivity index (χ0n) is 12.7. The number of piperidine rings is 1. The van der Waals surface area contributed by atoms with Gasteiger partial charge in [-0.25, -0.2) is 9.78 Å². The van der Waals surface area contributed by atoms with Gasteiger partial charge in [-0.15, -0.1) is 0 Å². The van der Waals surface area contributed by atoms with Crippen LogP contribution in [0.25, 0.3) is 10.9 Å². The quantitative estimate of drug-likeness (QED) is 0.579. The average Bonchev–Trinajstić information content (AvgIpc) is 2.50. The lowest BCUT2D eigenvalue weighted by Gasteiger charge is -2.29. The Bertz CT molecular complexity index is 949. The molecule has 0 bridgehead atoms. The minimum atomic E-state index is -1.65. The number of nitrogen functional groups attached to an aromatic ring is 1. The highest BCUT2D eigenvalue weighted by Crippen LogP contribution is 2.25. The summed E-state index contributed by atoms with van der Waals surface area (Å²) < 4.78 is 1.13. The first kappa shape index (κ1) is 15.7. The summed E-state index contributed by atoms with van der Waals surface area (Å²) in [6.07, 6.45) is -1.76. The van der Waals surface area contributed by atoms with Crippen molar-refractivity contribution < 1.29 is 19.5 Å². The van der Waals surface area contributed by atoms with Crippen LogP contribution in [0.15, 0.2) is 23.0 Å². The molecule has 1 aliphatic rings. The van der Waals surface area contributed by atoms with E-state index in [4.69, 9.17) is 10.8 Å². The minimum Gasteiger partial charge on any atom is -0.464 e. The molecule has 3 N–H and O–H groups in total. The summed E-state index contributed by atoms with van der Waals surface area (Å²) >= 11 is 0. The molecule has 1 fully saturated rings. The number of para-hydroxylation sites is 1. The Morgan fingerprint density at radius 3 is 2.71 bits per heavy atom. The molecule has 9 heteroatoms. The van der Waals surface area contributed by atoms with Crippen LogP contribution >= 0.6 is 0 Å². The zero-order chi connectivity index (χ0) is 17.6. The molecule has 0 saturated carbocycles. The van der Waals surface area contributed by atoms with E-state index in [9.17, 15) is 19.2 Å². The fourth-order valence-corrected chi connectivity index (χ4v) is 2.93. The topological polar surface area (TPSA) is 136 Å². The van der Waals surface area contributed by atoms with Gasteiger partial charge < -0.3 is 10.8 Å². The number of hydrogen-bond donors (Lipinski definition) is 2. The number of carboxylic acid groups (broad SMARTS) is 1. The average molecular weight is 330 g/mol. The maximum absolute atomic E-state index is 12.8. The maximum Gasteiger partial charge on any atom is 0.421 e. The first-order chi connectivity index (χ1) is 11.3. The van der Waals surface area contributed by atoms with Crippen LogP contribution in [0.1, 0.15) is 24.7 Å². The normalized spacial score (nSPS) is 18.2.